The molecule has 3 aromatic carbocycles. The van der Waals surface area contributed by atoms with Gasteiger partial charge in [-0.25, -0.2) is 0 Å². The molecule has 3 rings (SSSR count). The lowest BCUT2D eigenvalue weighted by Gasteiger charge is -2.07. The minimum Gasteiger partial charge on any atom is -0.497 e. The average Bonchev–Trinajstić information content (AvgIpc) is 2.93. The molecule has 0 atom stereocenters. The van der Waals surface area contributed by atoms with Crippen LogP contribution in [0.5, 0.6) is 23.0 Å². The second-order valence-corrected chi connectivity index (χ2v) is 8.59. The number of methoxy groups -OCH3 is 2. The number of benzene rings is 3. The predicted molar refractivity (Wildman–Crippen MR) is 145 cm³/mol. The topological polar surface area (TPSA) is 61.6 Å². The third-order valence-electron chi connectivity index (χ3n) is 5.83. The van der Waals surface area contributed by atoms with Crippen molar-refractivity contribution in [3.63, 3.8) is 0 Å². The number of rotatable bonds is 17. The van der Waals surface area contributed by atoms with Crippen LogP contribution in [-0.4, -0.2) is 27.4 Å². The largest absolute Gasteiger partial charge is 0.497 e. The molecule has 0 radical (unpaired) electrons. The van der Waals surface area contributed by atoms with Crippen LogP contribution in [0.15, 0.2) is 83.0 Å². The summed E-state index contributed by atoms with van der Waals surface area (Å²) in [7, 11) is 3.32. The summed E-state index contributed by atoms with van der Waals surface area (Å²) in [6.45, 7) is 1.52. The van der Waals surface area contributed by atoms with Gasteiger partial charge in [-0.3, -0.25) is 0 Å². The molecule has 192 valence electrons. The second-order valence-electron chi connectivity index (χ2n) is 8.59. The first-order valence-corrected chi connectivity index (χ1v) is 12.8. The molecule has 0 unspecified atom stereocenters. The monoisotopic (exact) mass is 490 g/mol. The van der Waals surface area contributed by atoms with Gasteiger partial charge in [0.2, 0.25) is 0 Å². The van der Waals surface area contributed by atoms with Crippen molar-refractivity contribution in [1.82, 2.24) is 0 Å². The van der Waals surface area contributed by atoms with Gasteiger partial charge in [0.1, 0.15) is 23.0 Å². The third-order valence-corrected chi connectivity index (χ3v) is 5.83. The van der Waals surface area contributed by atoms with Crippen molar-refractivity contribution in [1.29, 1.82) is 0 Å². The van der Waals surface area contributed by atoms with E-state index in [0.717, 1.165) is 60.4 Å². The number of ether oxygens (including phenoxy) is 4. The Balaban J connectivity index is 1.16. The van der Waals surface area contributed by atoms with Crippen molar-refractivity contribution in [3.8, 4) is 23.0 Å². The van der Waals surface area contributed by atoms with Crippen LogP contribution in [0.3, 0.4) is 0 Å². The van der Waals surface area contributed by atoms with Crippen LogP contribution < -0.4 is 18.9 Å². The van der Waals surface area contributed by atoms with Gasteiger partial charge in [-0.1, -0.05) is 38.5 Å². The number of unbranched alkanes of at least 4 members (excludes halogenated alkanes) is 7. The highest BCUT2D eigenvalue weighted by atomic mass is 16.5. The Morgan fingerprint density at radius 2 is 0.722 bits per heavy atom. The van der Waals surface area contributed by atoms with Gasteiger partial charge in [-0.05, 0) is 85.6 Å². The molecule has 0 N–H and O–H groups in total. The Kier molecular flexibility index (Phi) is 12.2. The Morgan fingerprint density at radius 3 is 1.11 bits per heavy atom. The number of hydrogen-bond donors (Lipinski definition) is 0. The van der Waals surface area contributed by atoms with Crippen molar-refractivity contribution in [2.45, 2.75) is 51.4 Å². The maximum absolute atomic E-state index is 5.86. The molecule has 6 heteroatoms. The van der Waals surface area contributed by atoms with Gasteiger partial charge < -0.3 is 18.9 Å². The molecule has 0 aliphatic carbocycles. The molecule has 36 heavy (non-hydrogen) atoms. The molecule has 0 saturated carbocycles. The lowest BCUT2D eigenvalue weighted by atomic mass is 10.1. The summed E-state index contributed by atoms with van der Waals surface area (Å²) in [6.07, 6.45) is 9.70. The van der Waals surface area contributed by atoms with E-state index in [1.807, 2.05) is 72.8 Å². The number of nitrogens with zero attached hydrogens (tertiary/aromatic N) is 2. The third kappa shape index (κ3) is 10.4. The Morgan fingerprint density at radius 1 is 0.417 bits per heavy atom. The van der Waals surface area contributed by atoms with E-state index in [-0.39, 0.29) is 0 Å². The summed E-state index contributed by atoms with van der Waals surface area (Å²) >= 11 is 0. The maximum atomic E-state index is 5.86. The van der Waals surface area contributed by atoms with E-state index in [0.29, 0.717) is 0 Å². The summed E-state index contributed by atoms with van der Waals surface area (Å²) in [6, 6.07) is 23.0. The Hall–Kier alpha value is -3.54. The molecule has 3 aromatic rings. The van der Waals surface area contributed by atoms with Crippen molar-refractivity contribution >= 4 is 11.4 Å². The highest BCUT2D eigenvalue weighted by Gasteiger charge is 1.98. The van der Waals surface area contributed by atoms with Gasteiger partial charge in [0.25, 0.3) is 0 Å². The van der Waals surface area contributed by atoms with Crippen LogP contribution in [0.1, 0.15) is 51.4 Å². The first-order valence-electron chi connectivity index (χ1n) is 12.8. The first-order chi connectivity index (χ1) is 17.8. The van der Waals surface area contributed by atoms with Gasteiger partial charge in [-0.15, -0.1) is 0 Å². The SMILES string of the molecule is COc1ccc(N=Nc2ccc(OCCCCCCCCCCOc3ccc(OC)cc3)cc2)cc1. The van der Waals surface area contributed by atoms with Crippen LogP contribution in [0, 0.1) is 0 Å². The van der Waals surface area contributed by atoms with Gasteiger partial charge in [0.05, 0.1) is 38.8 Å². The van der Waals surface area contributed by atoms with E-state index in [1.165, 1.54) is 38.5 Å². The quantitative estimate of drug-likeness (QED) is 0.140. The zero-order valence-electron chi connectivity index (χ0n) is 21.5. The van der Waals surface area contributed by atoms with Crippen molar-refractivity contribution in [2.24, 2.45) is 10.2 Å². The minimum atomic E-state index is 0.745. The standard InChI is InChI=1S/C30H38N2O4/c1-33-27-15-11-25(12-16-27)31-32-26-13-17-29(18-14-26)35-23-9-7-5-3-4-6-8-10-24-36-30-21-19-28(34-2)20-22-30/h11-22H,3-10,23-24H2,1-2H3. The first kappa shape index (κ1) is 27.1. The lowest BCUT2D eigenvalue weighted by molar-refractivity contribution is 0.301. The molecular formula is C30H38N2O4. The smallest absolute Gasteiger partial charge is 0.119 e. The van der Waals surface area contributed by atoms with E-state index >= 15 is 0 Å². The fourth-order valence-corrected chi connectivity index (χ4v) is 3.69. The Bertz CT molecular complexity index is 1000. The molecule has 0 spiro atoms. The molecule has 0 amide bonds. The molecule has 0 bridgehead atoms. The summed E-state index contributed by atoms with van der Waals surface area (Å²) in [4.78, 5) is 0. The zero-order chi connectivity index (χ0) is 25.3. The van der Waals surface area contributed by atoms with Crippen molar-refractivity contribution in [2.75, 3.05) is 27.4 Å². The van der Waals surface area contributed by atoms with Crippen molar-refractivity contribution in [3.05, 3.63) is 72.8 Å². The van der Waals surface area contributed by atoms with Gasteiger partial charge in [-0.2, -0.15) is 10.2 Å². The van der Waals surface area contributed by atoms with E-state index in [2.05, 4.69) is 10.2 Å². The fourth-order valence-electron chi connectivity index (χ4n) is 3.69. The van der Waals surface area contributed by atoms with Crippen LogP contribution in [0.25, 0.3) is 0 Å². The summed E-state index contributed by atoms with van der Waals surface area (Å²) in [5.41, 5.74) is 1.58. The average molecular weight is 491 g/mol. The lowest BCUT2D eigenvalue weighted by Crippen LogP contribution is -1.97. The van der Waals surface area contributed by atoms with E-state index in [4.69, 9.17) is 18.9 Å². The molecule has 0 fully saturated rings. The second kappa shape index (κ2) is 16.2. The van der Waals surface area contributed by atoms with Crippen LogP contribution in [0.2, 0.25) is 0 Å². The molecule has 0 heterocycles. The number of azo groups is 1. The summed E-state index contributed by atoms with van der Waals surface area (Å²) < 4.78 is 21.9. The minimum absolute atomic E-state index is 0.745. The number of hydrogen-bond acceptors (Lipinski definition) is 6. The summed E-state index contributed by atoms with van der Waals surface area (Å²) in [5, 5.41) is 8.52. The fraction of sp³-hybridized carbons (Fsp3) is 0.400. The van der Waals surface area contributed by atoms with E-state index in [1.54, 1.807) is 14.2 Å². The van der Waals surface area contributed by atoms with Gasteiger partial charge >= 0.3 is 0 Å². The van der Waals surface area contributed by atoms with E-state index in [9.17, 15) is 0 Å². The van der Waals surface area contributed by atoms with Crippen LogP contribution >= 0.6 is 0 Å². The molecule has 0 aliphatic heterocycles. The van der Waals surface area contributed by atoms with Crippen molar-refractivity contribution < 1.29 is 18.9 Å². The molecular weight excluding hydrogens is 452 g/mol. The molecule has 0 saturated heterocycles. The van der Waals surface area contributed by atoms with Gasteiger partial charge in [0, 0.05) is 0 Å². The summed E-state index contributed by atoms with van der Waals surface area (Å²) in [5.74, 6) is 3.44. The molecule has 0 aliphatic rings. The normalized spacial score (nSPS) is 10.9. The highest BCUT2D eigenvalue weighted by Crippen LogP contribution is 2.23. The predicted octanol–water partition coefficient (Wildman–Crippen LogP) is 8.70. The maximum Gasteiger partial charge on any atom is 0.119 e. The van der Waals surface area contributed by atoms with Crippen LogP contribution in [0.4, 0.5) is 11.4 Å². The molecule has 6 nitrogen and oxygen atoms in total. The highest BCUT2D eigenvalue weighted by molar-refractivity contribution is 5.44. The van der Waals surface area contributed by atoms with Crippen LogP contribution in [-0.2, 0) is 0 Å². The Labute approximate surface area is 215 Å². The van der Waals surface area contributed by atoms with Gasteiger partial charge in [0.15, 0.2) is 0 Å². The van der Waals surface area contributed by atoms with E-state index < -0.39 is 0 Å². The zero-order valence-corrected chi connectivity index (χ0v) is 21.5. The molecule has 0 aromatic heterocycles.